The molecule has 3 N–H and O–H groups in total. The van der Waals surface area contributed by atoms with Crippen LogP contribution in [0.1, 0.15) is 17.5 Å². The zero-order chi connectivity index (χ0) is 17.2. The van der Waals surface area contributed by atoms with Gasteiger partial charge in [-0.15, -0.1) is 0 Å². The van der Waals surface area contributed by atoms with E-state index in [1.54, 1.807) is 0 Å². The molecule has 3 aromatic rings. The Balaban J connectivity index is 1.76. The highest BCUT2D eigenvalue weighted by atomic mass is 16.3. The number of nitrogens with zero attached hydrogens (tertiary/aromatic N) is 1. The van der Waals surface area contributed by atoms with Gasteiger partial charge in [-0.25, -0.2) is 4.98 Å². The van der Waals surface area contributed by atoms with Gasteiger partial charge in [-0.3, -0.25) is 0 Å². The number of para-hydroxylation sites is 1. The standard InChI is InChI=1S/C21H22N2O2/c24-13-17(25)12-22-21-11-20(23-19-7-2-1-6-18(19)21)16-9-8-14-4-3-5-15(14)10-16/h1-2,6-11,17,24-25H,3-5,12-13H2,(H,22,23)/t17-/m0/s1. The molecule has 0 bridgehead atoms. The molecule has 1 heterocycles. The van der Waals surface area contributed by atoms with Crippen molar-refractivity contribution in [3.8, 4) is 11.3 Å². The van der Waals surface area contributed by atoms with Crippen LogP contribution in [0.5, 0.6) is 0 Å². The molecule has 4 rings (SSSR count). The Bertz CT molecular complexity index is 908. The summed E-state index contributed by atoms with van der Waals surface area (Å²) in [5, 5.41) is 23.0. The minimum Gasteiger partial charge on any atom is -0.394 e. The number of benzene rings is 2. The fourth-order valence-electron chi connectivity index (χ4n) is 3.49. The van der Waals surface area contributed by atoms with Crippen molar-refractivity contribution in [2.24, 2.45) is 0 Å². The van der Waals surface area contributed by atoms with Gasteiger partial charge in [0.25, 0.3) is 0 Å². The van der Waals surface area contributed by atoms with E-state index in [1.165, 1.54) is 24.0 Å². The maximum Gasteiger partial charge on any atom is 0.0942 e. The van der Waals surface area contributed by atoms with Gasteiger partial charge in [-0.1, -0.05) is 30.3 Å². The molecule has 0 radical (unpaired) electrons. The molecule has 0 amide bonds. The summed E-state index contributed by atoms with van der Waals surface area (Å²) in [6, 6.07) is 16.6. The van der Waals surface area contributed by atoms with Gasteiger partial charge in [0.15, 0.2) is 0 Å². The molecule has 0 spiro atoms. The highest BCUT2D eigenvalue weighted by molar-refractivity contribution is 5.93. The zero-order valence-corrected chi connectivity index (χ0v) is 14.1. The highest BCUT2D eigenvalue weighted by Crippen LogP contribution is 2.31. The third-order valence-electron chi connectivity index (χ3n) is 4.85. The summed E-state index contributed by atoms with van der Waals surface area (Å²) in [5.41, 5.74) is 6.77. The molecule has 0 saturated heterocycles. The Kier molecular flexibility index (Phi) is 4.38. The molecule has 0 aliphatic heterocycles. The van der Waals surface area contributed by atoms with Gasteiger partial charge in [0, 0.05) is 23.2 Å². The number of hydrogen-bond donors (Lipinski definition) is 3. The largest absolute Gasteiger partial charge is 0.394 e. The van der Waals surface area contributed by atoms with Crippen LogP contribution in [0.15, 0.2) is 48.5 Å². The van der Waals surface area contributed by atoms with Gasteiger partial charge in [-0.05, 0) is 48.6 Å². The lowest BCUT2D eigenvalue weighted by Gasteiger charge is -2.14. The average molecular weight is 334 g/mol. The lowest BCUT2D eigenvalue weighted by atomic mass is 10.0. The first-order valence-electron chi connectivity index (χ1n) is 8.79. The van der Waals surface area contributed by atoms with Gasteiger partial charge in [0.05, 0.1) is 23.9 Å². The van der Waals surface area contributed by atoms with E-state index in [9.17, 15) is 5.11 Å². The first-order chi connectivity index (χ1) is 12.2. The van der Waals surface area contributed by atoms with E-state index in [1.807, 2.05) is 30.3 Å². The number of nitrogens with one attached hydrogen (secondary N) is 1. The van der Waals surface area contributed by atoms with E-state index in [4.69, 9.17) is 10.1 Å². The van der Waals surface area contributed by atoms with Crippen molar-refractivity contribution < 1.29 is 10.2 Å². The van der Waals surface area contributed by atoms with Crippen LogP contribution in [-0.2, 0) is 12.8 Å². The Hall–Kier alpha value is -2.43. The van der Waals surface area contributed by atoms with E-state index in [-0.39, 0.29) is 6.61 Å². The first kappa shape index (κ1) is 16.1. The van der Waals surface area contributed by atoms with Crippen molar-refractivity contribution in [1.82, 2.24) is 4.98 Å². The number of hydrogen-bond acceptors (Lipinski definition) is 4. The summed E-state index contributed by atoms with van der Waals surface area (Å²) in [7, 11) is 0. The Labute approximate surface area is 147 Å². The summed E-state index contributed by atoms with van der Waals surface area (Å²) >= 11 is 0. The maximum absolute atomic E-state index is 9.66. The van der Waals surface area contributed by atoms with Crippen LogP contribution in [0.3, 0.4) is 0 Å². The minimum atomic E-state index is -0.782. The number of pyridine rings is 1. The van der Waals surface area contributed by atoms with Crippen molar-refractivity contribution >= 4 is 16.6 Å². The average Bonchev–Trinajstić information content (AvgIpc) is 3.13. The summed E-state index contributed by atoms with van der Waals surface area (Å²) < 4.78 is 0. The van der Waals surface area contributed by atoms with E-state index >= 15 is 0 Å². The molecule has 1 aromatic heterocycles. The minimum absolute atomic E-state index is 0.256. The third kappa shape index (κ3) is 3.23. The van der Waals surface area contributed by atoms with Crippen LogP contribution >= 0.6 is 0 Å². The van der Waals surface area contributed by atoms with Crippen LogP contribution in [0.2, 0.25) is 0 Å². The van der Waals surface area contributed by atoms with Gasteiger partial charge in [0.2, 0.25) is 0 Å². The van der Waals surface area contributed by atoms with Gasteiger partial charge in [0.1, 0.15) is 0 Å². The molecular formula is C21H22N2O2. The summed E-state index contributed by atoms with van der Waals surface area (Å²) in [4.78, 5) is 4.83. The van der Waals surface area contributed by atoms with Crippen molar-refractivity contribution in [3.63, 3.8) is 0 Å². The SMILES string of the molecule is OC[C@@H](O)CNc1cc(-c2ccc3c(c2)CCC3)nc2ccccc12. The highest BCUT2D eigenvalue weighted by Gasteiger charge is 2.13. The van der Waals surface area contributed by atoms with Crippen molar-refractivity contribution in [2.45, 2.75) is 25.4 Å². The van der Waals surface area contributed by atoms with E-state index in [0.29, 0.717) is 6.54 Å². The maximum atomic E-state index is 9.66. The molecule has 2 aromatic carbocycles. The molecule has 1 aliphatic rings. The number of anilines is 1. The monoisotopic (exact) mass is 334 g/mol. The lowest BCUT2D eigenvalue weighted by Crippen LogP contribution is -2.23. The van der Waals surface area contributed by atoms with Crippen molar-refractivity contribution in [2.75, 3.05) is 18.5 Å². The van der Waals surface area contributed by atoms with Gasteiger partial charge in [-0.2, -0.15) is 0 Å². The smallest absolute Gasteiger partial charge is 0.0942 e. The van der Waals surface area contributed by atoms with Crippen LogP contribution in [0.4, 0.5) is 5.69 Å². The Morgan fingerprint density at radius 2 is 1.88 bits per heavy atom. The first-order valence-corrected chi connectivity index (χ1v) is 8.79. The quantitative estimate of drug-likeness (QED) is 0.671. The van der Waals surface area contributed by atoms with Crippen molar-refractivity contribution in [1.29, 1.82) is 0 Å². The normalized spacial score (nSPS) is 14.5. The predicted molar refractivity (Wildman–Crippen MR) is 101 cm³/mol. The number of rotatable bonds is 5. The molecule has 128 valence electrons. The van der Waals surface area contributed by atoms with Crippen LogP contribution in [0, 0.1) is 0 Å². The second-order valence-corrected chi connectivity index (χ2v) is 6.63. The Morgan fingerprint density at radius 1 is 1.04 bits per heavy atom. The van der Waals surface area contributed by atoms with E-state index in [2.05, 4.69) is 23.5 Å². The molecule has 0 unspecified atom stereocenters. The molecule has 0 fully saturated rings. The predicted octanol–water partition coefficient (Wildman–Crippen LogP) is 3.16. The third-order valence-corrected chi connectivity index (χ3v) is 4.85. The second kappa shape index (κ2) is 6.82. The molecule has 4 nitrogen and oxygen atoms in total. The number of aliphatic hydroxyl groups excluding tert-OH is 2. The lowest BCUT2D eigenvalue weighted by molar-refractivity contribution is 0.105. The molecule has 25 heavy (non-hydrogen) atoms. The molecular weight excluding hydrogens is 312 g/mol. The summed E-state index contributed by atoms with van der Waals surface area (Å²) in [5.74, 6) is 0. The number of aryl methyl sites for hydroxylation is 2. The summed E-state index contributed by atoms with van der Waals surface area (Å²) in [6.07, 6.45) is 2.77. The summed E-state index contributed by atoms with van der Waals surface area (Å²) in [6.45, 7) is 0.0435. The molecule has 0 saturated carbocycles. The number of aromatic nitrogens is 1. The van der Waals surface area contributed by atoms with Gasteiger partial charge < -0.3 is 15.5 Å². The Morgan fingerprint density at radius 3 is 2.76 bits per heavy atom. The number of aliphatic hydroxyl groups is 2. The fourth-order valence-corrected chi connectivity index (χ4v) is 3.49. The van der Waals surface area contributed by atoms with E-state index in [0.717, 1.165) is 34.3 Å². The second-order valence-electron chi connectivity index (χ2n) is 6.63. The van der Waals surface area contributed by atoms with Crippen LogP contribution in [-0.4, -0.2) is 34.5 Å². The molecule has 1 atom stereocenters. The van der Waals surface area contributed by atoms with Crippen LogP contribution < -0.4 is 5.32 Å². The number of fused-ring (bicyclic) bond motifs is 2. The van der Waals surface area contributed by atoms with Gasteiger partial charge >= 0.3 is 0 Å². The molecule has 4 heteroatoms. The topological polar surface area (TPSA) is 65.4 Å². The van der Waals surface area contributed by atoms with E-state index < -0.39 is 6.10 Å². The fraction of sp³-hybridized carbons (Fsp3) is 0.286. The zero-order valence-electron chi connectivity index (χ0n) is 14.1. The van der Waals surface area contributed by atoms with Crippen LogP contribution in [0.25, 0.3) is 22.2 Å². The molecule has 1 aliphatic carbocycles. The van der Waals surface area contributed by atoms with Crippen molar-refractivity contribution in [3.05, 3.63) is 59.7 Å².